The van der Waals surface area contributed by atoms with E-state index in [2.05, 4.69) is 34.7 Å². The average Bonchev–Trinajstić information content (AvgIpc) is 2.99. The molecule has 2 N–H and O–H groups in total. The first kappa shape index (κ1) is 15.9. The molecule has 1 fully saturated rings. The Hall–Kier alpha value is -1.52. The fourth-order valence-electron chi connectivity index (χ4n) is 3.02. The van der Waals surface area contributed by atoms with Crippen LogP contribution in [0, 0.1) is 0 Å². The first-order valence-electron chi connectivity index (χ1n) is 8.12. The molecule has 1 aliphatic heterocycles. The lowest BCUT2D eigenvalue weighted by atomic mass is 10.0. The van der Waals surface area contributed by atoms with E-state index in [0.29, 0.717) is 25.0 Å². The molecule has 1 atom stereocenters. The highest BCUT2D eigenvalue weighted by atomic mass is 16.2. The Morgan fingerprint density at radius 1 is 1.33 bits per heavy atom. The Kier molecular flexibility index (Phi) is 6.08. The molecule has 0 aromatic carbocycles. The van der Waals surface area contributed by atoms with Gasteiger partial charge in [0.15, 0.2) is 5.96 Å². The van der Waals surface area contributed by atoms with Crippen LogP contribution < -0.4 is 10.6 Å². The van der Waals surface area contributed by atoms with E-state index in [9.17, 15) is 4.79 Å². The zero-order valence-electron chi connectivity index (χ0n) is 13.3. The summed E-state index contributed by atoms with van der Waals surface area (Å²) in [7, 11) is 1.77. The van der Waals surface area contributed by atoms with E-state index in [1.165, 1.54) is 6.42 Å². The van der Waals surface area contributed by atoms with Crippen molar-refractivity contribution in [3.8, 4) is 0 Å². The number of hydrogen-bond acceptors (Lipinski definition) is 2. The SMILES string of the molecule is CN=C(NCCC(=O)N1CCCCC1C)NC1CC=CC1. The van der Waals surface area contributed by atoms with E-state index < -0.39 is 0 Å². The van der Waals surface area contributed by atoms with Crippen molar-refractivity contribution in [2.45, 2.75) is 57.5 Å². The highest BCUT2D eigenvalue weighted by Crippen LogP contribution is 2.17. The van der Waals surface area contributed by atoms with Crippen LogP contribution in [0.25, 0.3) is 0 Å². The molecule has 0 radical (unpaired) electrons. The lowest BCUT2D eigenvalue weighted by Gasteiger charge is -2.33. The molecule has 1 unspecified atom stereocenters. The number of carbonyl (C=O) groups excluding carboxylic acids is 1. The van der Waals surface area contributed by atoms with Crippen LogP contribution in [-0.2, 0) is 4.79 Å². The number of piperidine rings is 1. The Balaban J connectivity index is 1.68. The Labute approximate surface area is 127 Å². The van der Waals surface area contributed by atoms with Crippen LogP contribution in [-0.4, -0.2) is 49.0 Å². The molecule has 5 nitrogen and oxygen atoms in total. The van der Waals surface area contributed by atoms with E-state index in [0.717, 1.165) is 38.2 Å². The first-order valence-corrected chi connectivity index (χ1v) is 8.12. The predicted molar refractivity (Wildman–Crippen MR) is 86.3 cm³/mol. The maximum atomic E-state index is 12.2. The summed E-state index contributed by atoms with van der Waals surface area (Å²) < 4.78 is 0. The highest BCUT2D eigenvalue weighted by Gasteiger charge is 2.22. The van der Waals surface area contributed by atoms with Crippen LogP contribution in [0.15, 0.2) is 17.1 Å². The van der Waals surface area contributed by atoms with Crippen LogP contribution in [0.2, 0.25) is 0 Å². The summed E-state index contributed by atoms with van der Waals surface area (Å²) in [6.07, 6.45) is 10.5. The average molecular weight is 292 g/mol. The van der Waals surface area contributed by atoms with Crippen molar-refractivity contribution in [3.05, 3.63) is 12.2 Å². The third-order valence-electron chi connectivity index (χ3n) is 4.33. The van der Waals surface area contributed by atoms with Crippen LogP contribution in [0.5, 0.6) is 0 Å². The van der Waals surface area contributed by atoms with Gasteiger partial charge in [-0.05, 0) is 39.0 Å². The molecule has 0 bridgehead atoms. The second kappa shape index (κ2) is 8.05. The van der Waals surface area contributed by atoms with Crippen molar-refractivity contribution in [2.24, 2.45) is 4.99 Å². The van der Waals surface area contributed by atoms with Gasteiger partial charge in [0.05, 0.1) is 0 Å². The standard InChI is InChI=1S/C16H28N4O/c1-13-7-5-6-12-20(13)15(21)10-11-18-16(17-2)19-14-8-3-4-9-14/h3-4,13-14H,5-12H2,1-2H3,(H2,17,18,19). The minimum atomic E-state index is 0.257. The molecule has 0 spiro atoms. The van der Waals surface area contributed by atoms with Crippen molar-refractivity contribution in [1.82, 2.24) is 15.5 Å². The summed E-state index contributed by atoms with van der Waals surface area (Å²) in [6, 6.07) is 0.835. The van der Waals surface area contributed by atoms with Crippen LogP contribution in [0.4, 0.5) is 0 Å². The highest BCUT2D eigenvalue weighted by molar-refractivity contribution is 5.81. The molecule has 0 aromatic heterocycles. The van der Waals surface area contributed by atoms with Crippen LogP contribution in [0.3, 0.4) is 0 Å². The van der Waals surface area contributed by atoms with Crippen LogP contribution in [0.1, 0.15) is 45.4 Å². The van der Waals surface area contributed by atoms with Gasteiger partial charge in [-0.2, -0.15) is 0 Å². The van der Waals surface area contributed by atoms with E-state index in [1.54, 1.807) is 7.05 Å². The van der Waals surface area contributed by atoms with E-state index in [1.807, 2.05) is 4.90 Å². The van der Waals surface area contributed by atoms with Gasteiger partial charge in [-0.3, -0.25) is 9.79 Å². The molecule has 21 heavy (non-hydrogen) atoms. The first-order chi connectivity index (χ1) is 10.2. The minimum absolute atomic E-state index is 0.257. The number of rotatable bonds is 4. The molecule has 5 heteroatoms. The molecule has 0 saturated carbocycles. The second-order valence-corrected chi connectivity index (χ2v) is 5.96. The minimum Gasteiger partial charge on any atom is -0.356 e. The molecule has 2 aliphatic rings. The normalized spacial score (nSPS) is 23.4. The second-order valence-electron chi connectivity index (χ2n) is 5.96. The third-order valence-corrected chi connectivity index (χ3v) is 4.33. The van der Waals surface area contributed by atoms with Gasteiger partial charge in [-0.15, -0.1) is 0 Å². The quantitative estimate of drug-likeness (QED) is 0.471. The lowest BCUT2D eigenvalue weighted by molar-refractivity contribution is -0.134. The van der Waals surface area contributed by atoms with Gasteiger partial charge in [0.25, 0.3) is 0 Å². The molecule has 1 saturated heterocycles. The van der Waals surface area contributed by atoms with Crippen molar-refractivity contribution >= 4 is 11.9 Å². The summed E-state index contributed by atoms with van der Waals surface area (Å²) in [5.74, 6) is 1.05. The topological polar surface area (TPSA) is 56.7 Å². The smallest absolute Gasteiger partial charge is 0.224 e. The van der Waals surface area contributed by atoms with Gasteiger partial charge in [0, 0.05) is 38.6 Å². The maximum Gasteiger partial charge on any atom is 0.224 e. The fourth-order valence-corrected chi connectivity index (χ4v) is 3.02. The fraction of sp³-hybridized carbons (Fsp3) is 0.750. The number of nitrogens with zero attached hydrogens (tertiary/aromatic N) is 2. The van der Waals surface area contributed by atoms with Gasteiger partial charge in [-0.1, -0.05) is 12.2 Å². The summed E-state index contributed by atoms with van der Waals surface area (Å²) in [6.45, 7) is 3.71. The zero-order chi connectivity index (χ0) is 15.1. The van der Waals surface area contributed by atoms with Crippen LogP contribution >= 0.6 is 0 Å². The predicted octanol–water partition coefficient (Wildman–Crippen LogP) is 1.66. The Morgan fingerprint density at radius 3 is 2.76 bits per heavy atom. The van der Waals surface area contributed by atoms with E-state index in [-0.39, 0.29) is 5.91 Å². The van der Waals surface area contributed by atoms with Gasteiger partial charge in [0.1, 0.15) is 0 Å². The molecule has 1 amide bonds. The Morgan fingerprint density at radius 2 is 2.10 bits per heavy atom. The maximum absolute atomic E-state index is 12.2. The van der Waals surface area contributed by atoms with E-state index >= 15 is 0 Å². The summed E-state index contributed by atoms with van der Waals surface area (Å²) in [4.78, 5) is 18.5. The van der Waals surface area contributed by atoms with Crippen molar-refractivity contribution in [1.29, 1.82) is 0 Å². The van der Waals surface area contributed by atoms with Crippen molar-refractivity contribution in [3.63, 3.8) is 0 Å². The summed E-state index contributed by atoms with van der Waals surface area (Å²) in [5, 5.41) is 6.62. The summed E-state index contributed by atoms with van der Waals surface area (Å²) >= 11 is 0. The molecule has 2 rings (SSSR count). The molecule has 1 aliphatic carbocycles. The Bertz CT molecular complexity index is 397. The largest absolute Gasteiger partial charge is 0.356 e. The number of guanidine groups is 1. The number of nitrogens with one attached hydrogen (secondary N) is 2. The van der Waals surface area contributed by atoms with E-state index in [4.69, 9.17) is 0 Å². The van der Waals surface area contributed by atoms with Crippen molar-refractivity contribution < 1.29 is 4.79 Å². The monoisotopic (exact) mass is 292 g/mol. The molecule has 1 heterocycles. The number of hydrogen-bond donors (Lipinski definition) is 2. The number of likely N-dealkylation sites (tertiary alicyclic amines) is 1. The van der Waals surface area contributed by atoms with Crippen molar-refractivity contribution in [2.75, 3.05) is 20.1 Å². The molecule has 118 valence electrons. The third kappa shape index (κ3) is 4.76. The zero-order valence-corrected chi connectivity index (χ0v) is 13.3. The molecule has 0 aromatic rings. The van der Waals surface area contributed by atoms with Gasteiger partial charge >= 0.3 is 0 Å². The summed E-state index contributed by atoms with van der Waals surface area (Å²) in [5.41, 5.74) is 0. The number of amides is 1. The van der Waals surface area contributed by atoms with Gasteiger partial charge in [-0.25, -0.2) is 0 Å². The number of carbonyl (C=O) groups is 1. The number of aliphatic imine (C=N–C) groups is 1. The molecular weight excluding hydrogens is 264 g/mol. The lowest BCUT2D eigenvalue weighted by Crippen LogP contribution is -2.45. The van der Waals surface area contributed by atoms with Gasteiger partial charge in [0.2, 0.25) is 5.91 Å². The van der Waals surface area contributed by atoms with Gasteiger partial charge < -0.3 is 15.5 Å². The molecular formula is C16H28N4O.